The minimum atomic E-state index is 0.0447. The van der Waals surface area contributed by atoms with Gasteiger partial charge in [-0.05, 0) is 49.6 Å². The van der Waals surface area contributed by atoms with Crippen molar-refractivity contribution in [2.24, 2.45) is 0 Å². The summed E-state index contributed by atoms with van der Waals surface area (Å²) in [5.41, 5.74) is 4.72. The number of aliphatic hydroxyl groups is 1. The molecule has 0 aliphatic heterocycles. The lowest BCUT2D eigenvalue weighted by Gasteiger charge is -2.09. The first kappa shape index (κ1) is 25.2. The summed E-state index contributed by atoms with van der Waals surface area (Å²) in [5, 5.41) is 7.57. The zero-order valence-corrected chi connectivity index (χ0v) is 19.1. The van der Waals surface area contributed by atoms with E-state index in [0.29, 0.717) is 12.1 Å². The number of carbonyl (C=O) groups excluding carboxylic acids is 1. The first-order valence-electron chi connectivity index (χ1n) is 10.9. The number of aryl methyl sites for hydroxylation is 2. The quantitative estimate of drug-likeness (QED) is 0.532. The molecule has 0 aliphatic rings. The molecule has 2 heterocycles. The average molecular weight is 410 g/mol. The Bertz CT molecular complexity index is 817. The van der Waals surface area contributed by atoms with Crippen LogP contribution >= 0.6 is 0 Å². The standard InChI is InChI=1S/C21H23N3O.C2H6O.C2H6/c1-4-15-7-11-18(12-8-15)24-14-19(20(25)6-3)23-21(24)16-9-10-17(5-2)22-13-16;1-2-3;1-2/h7-14H,4-6H2,1-3H3;3H,2H2,1H3;1-2H3. The van der Waals surface area contributed by atoms with E-state index in [4.69, 9.17) is 5.11 Å². The predicted molar refractivity (Wildman–Crippen MR) is 124 cm³/mol. The lowest BCUT2D eigenvalue weighted by Crippen LogP contribution is -1.97. The third kappa shape index (κ3) is 6.63. The number of imidazole rings is 1. The Labute approximate surface area is 180 Å². The van der Waals surface area contributed by atoms with E-state index in [1.54, 1.807) is 6.92 Å². The molecule has 0 atom stereocenters. The summed E-state index contributed by atoms with van der Waals surface area (Å²) in [4.78, 5) is 21.2. The van der Waals surface area contributed by atoms with Gasteiger partial charge in [-0.15, -0.1) is 0 Å². The highest BCUT2D eigenvalue weighted by Gasteiger charge is 2.16. The van der Waals surface area contributed by atoms with Crippen LogP contribution in [0.25, 0.3) is 17.1 Å². The Kier molecular flexibility index (Phi) is 11.3. The lowest BCUT2D eigenvalue weighted by molar-refractivity contribution is 0.0984. The van der Waals surface area contributed by atoms with E-state index in [2.05, 4.69) is 48.1 Å². The van der Waals surface area contributed by atoms with Crippen LogP contribution in [0.4, 0.5) is 0 Å². The Morgan fingerprint density at radius 1 is 0.967 bits per heavy atom. The summed E-state index contributed by atoms with van der Waals surface area (Å²) >= 11 is 0. The Balaban J connectivity index is 0.000000826. The summed E-state index contributed by atoms with van der Waals surface area (Å²) in [6.45, 7) is 12.0. The number of carbonyl (C=O) groups is 1. The molecule has 5 nitrogen and oxygen atoms in total. The average Bonchev–Trinajstić information content (AvgIpc) is 3.26. The molecule has 0 saturated carbocycles. The normalized spacial score (nSPS) is 9.83. The molecule has 5 heteroatoms. The molecule has 2 aromatic heterocycles. The first-order chi connectivity index (χ1) is 14.6. The molecular weight excluding hydrogens is 374 g/mol. The molecule has 0 aliphatic carbocycles. The Morgan fingerprint density at radius 2 is 1.60 bits per heavy atom. The van der Waals surface area contributed by atoms with E-state index in [-0.39, 0.29) is 12.4 Å². The number of hydrogen-bond donors (Lipinski definition) is 1. The van der Waals surface area contributed by atoms with E-state index in [1.165, 1.54) is 5.56 Å². The summed E-state index contributed by atoms with van der Waals surface area (Å²) in [7, 11) is 0. The van der Waals surface area contributed by atoms with Crippen molar-refractivity contribution in [3.05, 3.63) is 65.7 Å². The first-order valence-corrected chi connectivity index (χ1v) is 10.9. The molecule has 0 bridgehead atoms. The molecule has 1 N–H and O–H groups in total. The smallest absolute Gasteiger partial charge is 0.182 e. The third-order valence-corrected chi connectivity index (χ3v) is 4.38. The van der Waals surface area contributed by atoms with Crippen LogP contribution in [0, 0.1) is 0 Å². The topological polar surface area (TPSA) is 68.0 Å². The fourth-order valence-electron chi connectivity index (χ4n) is 2.75. The fourth-order valence-corrected chi connectivity index (χ4v) is 2.75. The van der Waals surface area contributed by atoms with Crippen molar-refractivity contribution in [2.45, 2.75) is 60.8 Å². The van der Waals surface area contributed by atoms with E-state index >= 15 is 0 Å². The largest absolute Gasteiger partial charge is 0.397 e. The van der Waals surface area contributed by atoms with Gasteiger partial charge in [-0.2, -0.15) is 0 Å². The molecule has 30 heavy (non-hydrogen) atoms. The van der Waals surface area contributed by atoms with Crippen molar-refractivity contribution in [3.63, 3.8) is 0 Å². The fraction of sp³-hybridized carbons (Fsp3) is 0.400. The maximum Gasteiger partial charge on any atom is 0.182 e. The molecule has 0 fully saturated rings. The minimum absolute atomic E-state index is 0.0447. The zero-order chi connectivity index (χ0) is 22.5. The number of hydrogen-bond acceptors (Lipinski definition) is 4. The second-order valence-electron chi connectivity index (χ2n) is 6.32. The molecule has 0 spiro atoms. The Hall–Kier alpha value is -2.79. The SMILES string of the molecule is CC.CCC(=O)c1cn(-c2ccc(CC)cc2)c(-c2ccc(CC)nc2)n1.CCO. The summed E-state index contributed by atoms with van der Waals surface area (Å²) in [6, 6.07) is 12.4. The minimum Gasteiger partial charge on any atom is -0.397 e. The van der Waals surface area contributed by atoms with Gasteiger partial charge in [0.1, 0.15) is 11.5 Å². The molecule has 3 aromatic rings. The van der Waals surface area contributed by atoms with E-state index in [1.807, 2.05) is 49.9 Å². The molecule has 0 radical (unpaired) electrons. The van der Waals surface area contributed by atoms with Gasteiger partial charge < -0.3 is 5.11 Å². The van der Waals surface area contributed by atoms with Gasteiger partial charge in [-0.3, -0.25) is 14.3 Å². The van der Waals surface area contributed by atoms with Gasteiger partial charge in [0, 0.05) is 42.4 Å². The van der Waals surface area contributed by atoms with Gasteiger partial charge in [-0.1, -0.05) is 46.8 Å². The summed E-state index contributed by atoms with van der Waals surface area (Å²) in [5.74, 6) is 0.791. The predicted octanol–water partition coefficient (Wildman–Crippen LogP) is 5.68. The number of benzene rings is 1. The highest BCUT2D eigenvalue weighted by Crippen LogP contribution is 2.24. The van der Waals surface area contributed by atoms with Crippen LogP contribution in [0.2, 0.25) is 0 Å². The van der Waals surface area contributed by atoms with Crippen LogP contribution in [0.5, 0.6) is 0 Å². The highest BCUT2D eigenvalue weighted by molar-refractivity contribution is 5.94. The van der Waals surface area contributed by atoms with E-state index < -0.39 is 0 Å². The maximum absolute atomic E-state index is 12.2. The van der Waals surface area contributed by atoms with Crippen molar-refractivity contribution < 1.29 is 9.90 Å². The molecule has 1 aromatic carbocycles. The van der Waals surface area contributed by atoms with E-state index in [9.17, 15) is 4.79 Å². The molecular formula is C25H35N3O2. The van der Waals surface area contributed by atoms with Crippen molar-refractivity contribution >= 4 is 5.78 Å². The Morgan fingerprint density at radius 3 is 2.07 bits per heavy atom. The number of ketones is 1. The molecule has 0 unspecified atom stereocenters. The van der Waals surface area contributed by atoms with Gasteiger partial charge >= 0.3 is 0 Å². The van der Waals surface area contributed by atoms with Crippen LogP contribution in [0.15, 0.2) is 48.8 Å². The van der Waals surface area contributed by atoms with Crippen LogP contribution < -0.4 is 0 Å². The maximum atomic E-state index is 12.2. The van der Waals surface area contributed by atoms with E-state index in [0.717, 1.165) is 35.6 Å². The van der Waals surface area contributed by atoms with Crippen LogP contribution in [-0.4, -0.2) is 32.0 Å². The number of pyridine rings is 1. The van der Waals surface area contributed by atoms with Gasteiger partial charge in [0.05, 0.1) is 0 Å². The van der Waals surface area contributed by atoms with Gasteiger partial charge in [-0.25, -0.2) is 4.98 Å². The summed E-state index contributed by atoms with van der Waals surface area (Å²) in [6.07, 6.45) is 6.00. The van der Waals surface area contributed by atoms with Crippen molar-refractivity contribution in [2.75, 3.05) is 6.61 Å². The number of Topliss-reactive ketones (excluding diaryl/α,β-unsaturated/α-hetero) is 1. The van der Waals surface area contributed by atoms with Crippen LogP contribution in [0.3, 0.4) is 0 Å². The van der Waals surface area contributed by atoms with Crippen molar-refractivity contribution in [1.82, 2.24) is 14.5 Å². The van der Waals surface area contributed by atoms with Crippen LogP contribution in [-0.2, 0) is 12.8 Å². The monoisotopic (exact) mass is 409 g/mol. The number of nitrogens with zero attached hydrogens (tertiary/aromatic N) is 3. The van der Waals surface area contributed by atoms with Gasteiger partial charge in [0.25, 0.3) is 0 Å². The van der Waals surface area contributed by atoms with Crippen LogP contribution in [0.1, 0.15) is 69.7 Å². The number of aliphatic hydroxyl groups excluding tert-OH is 1. The van der Waals surface area contributed by atoms with Crippen molar-refractivity contribution in [3.8, 4) is 17.1 Å². The zero-order valence-electron chi connectivity index (χ0n) is 19.1. The molecule has 162 valence electrons. The highest BCUT2D eigenvalue weighted by atomic mass is 16.2. The molecule has 3 rings (SSSR count). The van der Waals surface area contributed by atoms with Gasteiger partial charge in [0.2, 0.25) is 0 Å². The number of aromatic nitrogens is 3. The second kappa shape index (κ2) is 13.4. The molecule has 0 saturated heterocycles. The second-order valence-corrected chi connectivity index (χ2v) is 6.32. The molecule has 0 amide bonds. The lowest BCUT2D eigenvalue weighted by atomic mass is 10.1. The van der Waals surface area contributed by atoms with Crippen molar-refractivity contribution in [1.29, 1.82) is 0 Å². The number of rotatable bonds is 6. The summed E-state index contributed by atoms with van der Waals surface area (Å²) < 4.78 is 1.98. The third-order valence-electron chi connectivity index (χ3n) is 4.38. The van der Waals surface area contributed by atoms with Gasteiger partial charge in [0.15, 0.2) is 5.78 Å².